The average molecular weight is 196 g/mol. The molecule has 0 spiro atoms. The summed E-state index contributed by atoms with van der Waals surface area (Å²) in [7, 11) is 0.648. The van der Waals surface area contributed by atoms with Gasteiger partial charge in [-0.3, -0.25) is 4.79 Å². The second kappa shape index (κ2) is 4.38. The lowest BCUT2D eigenvalue weighted by Gasteiger charge is -2.09. The van der Waals surface area contributed by atoms with Crippen molar-refractivity contribution >= 4 is 20.4 Å². The van der Waals surface area contributed by atoms with Crippen LogP contribution >= 0.6 is 8.58 Å². The normalized spacial score (nSPS) is 10.7. The van der Waals surface area contributed by atoms with E-state index in [4.69, 9.17) is 4.74 Å². The van der Waals surface area contributed by atoms with Crippen molar-refractivity contribution in [3.05, 3.63) is 23.3 Å². The van der Waals surface area contributed by atoms with Gasteiger partial charge in [0.25, 0.3) is 6.47 Å². The fraction of sp³-hybridized carbons (Fsp3) is 0.300. The Morgan fingerprint density at radius 2 is 2.08 bits per heavy atom. The zero-order chi connectivity index (χ0) is 9.84. The number of aryl methyl sites for hydroxylation is 2. The third-order valence-corrected chi connectivity index (χ3v) is 2.76. The summed E-state index contributed by atoms with van der Waals surface area (Å²) in [5.74, 6) is 0.724. The molecule has 0 N–H and O–H groups in total. The van der Waals surface area contributed by atoms with E-state index in [-0.39, 0.29) is 0 Å². The van der Waals surface area contributed by atoms with Crippen molar-refractivity contribution in [3.8, 4) is 5.75 Å². The van der Waals surface area contributed by atoms with E-state index in [2.05, 4.69) is 12.7 Å². The Hall–Kier alpha value is -0.880. The van der Waals surface area contributed by atoms with Crippen molar-refractivity contribution in [1.29, 1.82) is 0 Å². The molecule has 0 heterocycles. The summed E-state index contributed by atoms with van der Waals surface area (Å²) >= 11 is 0. The van der Waals surface area contributed by atoms with Gasteiger partial charge in [-0.25, -0.2) is 0 Å². The lowest BCUT2D eigenvalue weighted by Crippen LogP contribution is -2.05. The maximum absolute atomic E-state index is 10.3. The highest BCUT2D eigenvalue weighted by Gasteiger charge is 2.06. The summed E-state index contributed by atoms with van der Waals surface area (Å²) in [5.41, 5.74) is 2.23. The van der Waals surface area contributed by atoms with E-state index in [9.17, 15) is 4.79 Å². The number of carbonyl (C=O) groups excluding carboxylic acids is 1. The van der Waals surface area contributed by atoms with Crippen LogP contribution in [0.4, 0.5) is 0 Å². The van der Waals surface area contributed by atoms with E-state index in [1.807, 2.05) is 19.9 Å². The summed E-state index contributed by atoms with van der Waals surface area (Å²) in [6.07, 6.45) is 0. The first kappa shape index (κ1) is 10.2. The van der Waals surface area contributed by atoms with Gasteiger partial charge in [-0.05, 0) is 37.7 Å². The molecule has 1 atom stereocenters. The molecule has 1 aromatic carbocycles. The Bertz CT molecular complexity index is 321. The van der Waals surface area contributed by atoms with Crippen LogP contribution < -0.4 is 10.0 Å². The predicted molar refractivity (Wildman–Crippen MR) is 56.5 cm³/mol. The first-order valence-electron chi connectivity index (χ1n) is 4.08. The second-order valence-corrected chi connectivity index (χ2v) is 3.96. The summed E-state index contributed by atoms with van der Waals surface area (Å²) in [4.78, 5) is 10.3. The molecule has 0 bridgehead atoms. The maximum atomic E-state index is 10.3. The molecule has 1 unspecified atom stereocenters. The maximum Gasteiger partial charge on any atom is 0.298 e. The van der Waals surface area contributed by atoms with Gasteiger partial charge >= 0.3 is 0 Å². The number of hydrogen-bond acceptors (Lipinski definition) is 2. The summed E-state index contributed by atoms with van der Waals surface area (Å²) in [6.45, 7) is 6.56. The molecule has 0 saturated heterocycles. The van der Waals surface area contributed by atoms with Gasteiger partial charge in [0, 0.05) is 5.30 Å². The van der Waals surface area contributed by atoms with Gasteiger partial charge in [0.1, 0.15) is 5.75 Å². The van der Waals surface area contributed by atoms with Crippen molar-refractivity contribution < 1.29 is 9.53 Å². The number of ether oxygens (including phenoxy) is 1. The average Bonchev–Trinajstić information content (AvgIpc) is 2.09. The molecule has 1 rings (SSSR count). The lowest BCUT2D eigenvalue weighted by atomic mass is 10.1. The quantitative estimate of drug-likeness (QED) is 0.544. The molecule has 0 saturated carbocycles. The first-order valence-corrected chi connectivity index (χ1v) is 5.58. The van der Waals surface area contributed by atoms with Gasteiger partial charge in [-0.1, -0.05) is 14.6 Å². The van der Waals surface area contributed by atoms with Crippen LogP contribution in [0, 0.1) is 13.8 Å². The largest absolute Gasteiger partial charge is 0.428 e. The van der Waals surface area contributed by atoms with Gasteiger partial charge in [-0.15, -0.1) is 0 Å². The van der Waals surface area contributed by atoms with E-state index < -0.39 is 0 Å². The van der Waals surface area contributed by atoms with E-state index in [1.165, 1.54) is 5.56 Å². The zero-order valence-electron chi connectivity index (χ0n) is 8.05. The highest BCUT2D eigenvalue weighted by Crippen LogP contribution is 2.22. The van der Waals surface area contributed by atoms with Gasteiger partial charge < -0.3 is 4.74 Å². The highest BCUT2D eigenvalue weighted by molar-refractivity contribution is 7.46. The lowest BCUT2D eigenvalue weighted by molar-refractivity contribution is -0.120. The van der Waals surface area contributed by atoms with Gasteiger partial charge in [0.05, 0.1) is 0 Å². The summed E-state index contributed by atoms with van der Waals surface area (Å²) in [6, 6.07) is 4.08. The molecule has 0 amide bonds. The van der Waals surface area contributed by atoms with Crippen molar-refractivity contribution in [2.45, 2.75) is 13.8 Å². The molecule has 0 aliphatic heterocycles. The third kappa shape index (κ3) is 2.28. The van der Waals surface area contributed by atoms with Gasteiger partial charge in [0.2, 0.25) is 0 Å². The van der Waals surface area contributed by atoms with Crippen LogP contribution in [-0.4, -0.2) is 13.1 Å². The SMILES string of the molecule is CPc1cc(C)cc(C)c1OC=O. The predicted octanol–water partition coefficient (Wildman–Crippen LogP) is 1.77. The molecule has 3 heteroatoms. The van der Waals surface area contributed by atoms with Crippen LogP contribution in [0.3, 0.4) is 0 Å². The van der Waals surface area contributed by atoms with E-state index in [0.717, 1.165) is 16.6 Å². The smallest absolute Gasteiger partial charge is 0.298 e. The molecule has 0 aromatic heterocycles. The Morgan fingerprint density at radius 3 is 2.62 bits per heavy atom. The third-order valence-electron chi connectivity index (χ3n) is 1.85. The molecule has 13 heavy (non-hydrogen) atoms. The van der Waals surface area contributed by atoms with E-state index in [0.29, 0.717) is 15.1 Å². The van der Waals surface area contributed by atoms with Crippen LogP contribution in [0.15, 0.2) is 12.1 Å². The Morgan fingerprint density at radius 1 is 1.38 bits per heavy atom. The molecular weight excluding hydrogens is 183 g/mol. The van der Waals surface area contributed by atoms with Crippen molar-refractivity contribution in [3.63, 3.8) is 0 Å². The van der Waals surface area contributed by atoms with Crippen LogP contribution in [0.2, 0.25) is 0 Å². The monoisotopic (exact) mass is 196 g/mol. The molecular formula is C10H13O2P. The molecule has 0 aliphatic carbocycles. The Balaban J connectivity index is 3.20. The molecule has 70 valence electrons. The van der Waals surface area contributed by atoms with E-state index >= 15 is 0 Å². The fourth-order valence-corrected chi connectivity index (χ4v) is 2.20. The minimum Gasteiger partial charge on any atom is -0.428 e. The van der Waals surface area contributed by atoms with E-state index in [1.54, 1.807) is 0 Å². The minimum absolute atomic E-state index is 0.487. The number of hydrogen-bond donors (Lipinski definition) is 0. The molecule has 0 radical (unpaired) electrons. The second-order valence-electron chi connectivity index (χ2n) is 2.92. The standard InChI is InChI=1S/C10H13O2P/c1-7-4-8(2)10(12-6-11)9(5-7)13-3/h4-6,13H,1-3H3. The number of carbonyl (C=O) groups is 1. The fourth-order valence-electron chi connectivity index (χ4n) is 1.34. The van der Waals surface area contributed by atoms with Gasteiger partial charge in [0.15, 0.2) is 0 Å². The van der Waals surface area contributed by atoms with Crippen LogP contribution in [-0.2, 0) is 4.79 Å². The molecule has 0 aliphatic rings. The summed E-state index contributed by atoms with van der Waals surface area (Å²) < 4.78 is 4.94. The van der Waals surface area contributed by atoms with Crippen molar-refractivity contribution in [1.82, 2.24) is 0 Å². The first-order chi connectivity index (χ1) is 6.19. The molecule has 0 fully saturated rings. The van der Waals surface area contributed by atoms with Gasteiger partial charge in [-0.2, -0.15) is 0 Å². The Labute approximate surface area is 80.1 Å². The number of benzene rings is 1. The number of rotatable bonds is 3. The van der Waals surface area contributed by atoms with Crippen LogP contribution in [0.1, 0.15) is 11.1 Å². The minimum atomic E-state index is 0.487. The summed E-state index contributed by atoms with van der Waals surface area (Å²) in [5, 5.41) is 1.12. The Kier molecular flexibility index (Phi) is 3.44. The topological polar surface area (TPSA) is 26.3 Å². The van der Waals surface area contributed by atoms with Crippen LogP contribution in [0.5, 0.6) is 5.75 Å². The molecule has 2 nitrogen and oxygen atoms in total. The highest BCUT2D eigenvalue weighted by atomic mass is 31.1. The molecule has 1 aromatic rings. The van der Waals surface area contributed by atoms with Crippen molar-refractivity contribution in [2.75, 3.05) is 6.66 Å². The van der Waals surface area contributed by atoms with Crippen molar-refractivity contribution in [2.24, 2.45) is 0 Å². The zero-order valence-corrected chi connectivity index (χ0v) is 9.05. The van der Waals surface area contributed by atoms with Crippen LogP contribution in [0.25, 0.3) is 0 Å².